The first-order chi connectivity index (χ1) is 8.63. The van der Waals surface area contributed by atoms with E-state index in [0.717, 1.165) is 31.6 Å². The summed E-state index contributed by atoms with van der Waals surface area (Å²) in [7, 11) is 0. The van der Waals surface area contributed by atoms with Gasteiger partial charge in [-0.1, -0.05) is 6.07 Å². The van der Waals surface area contributed by atoms with E-state index in [2.05, 4.69) is 36.2 Å². The predicted octanol–water partition coefficient (Wildman–Crippen LogP) is 2.76. The van der Waals surface area contributed by atoms with Gasteiger partial charge in [-0.05, 0) is 49.9 Å². The summed E-state index contributed by atoms with van der Waals surface area (Å²) in [4.78, 5) is 14.2. The first-order valence-corrected chi connectivity index (χ1v) is 6.80. The lowest BCUT2D eigenvalue weighted by Crippen LogP contribution is -2.24. The first-order valence-electron chi connectivity index (χ1n) is 6.80. The van der Waals surface area contributed by atoms with Gasteiger partial charge in [-0.3, -0.25) is 9.69 Å². The highest BCUT2D eigenvalue weighted by Gasteiger charge is 2.30. The maximum Gasteiger partial charge on any atom is 0.227 e. The van der Waals surface area contributed by atoms with Crippen LogP contribution < -0.4 is 5.32 Å². The highest BCUT2D eigenvalue weighted by Crippen LogP contribution is 2.31. The molecule has 1 heterocycles. The number of nitrogens with one attached hydrogen (secondary N) is 1. The topological polar surface area (TPSA) is 32.3 Å². The summed E-state index contributed by atoms with van der Waals surface area (Å²) in [6.07, 6.45) is 2.11. The highest BCUT2D eigenvalue weighted by atomic mass is 16.2. The Bertz CT molecular complexity index is 477. The standard InChI is InChI=1S/C15H20N2O/c1-10(2)17-8-12-5-6-14(7-13(12)9-17)16-15(18)11-3-4-11/h5-7,10-11H,3-4,8-9H2,1-2H3,(H,16,18). The average Bonchev–Trinajstić information content (AvgIpc) is 3.09. The number of amides is 1. The Kier molecular flexibility index (Phi) is 2.86. The van der Waals surface area contributed by atoms with Crippen LogP contribution >= 0.6 is 0 Å². The summed E-state index contributed by atoms with van der Waals surface area (Å²) in [5.41, 5.74) is 3.71. The number of benzene rings is 1. The van der Waals surface area contributed by atoms with E-state index in [-0.39, 0.29) is 11.8 Å². The summed E-state index contributed by atoms with van der Waals surface area (Å²) in [6, 6.07) is 6.89. The molecule has 0 aromatic heterocycles. The van der Waals surface area contributed by atoms with E-state index in [0.29, 0.717) is 6.04 Å². The van der Waals surface area contributed by atoms with Crippen molar-refractivity contribution in [3.05, 3.63) is 29.3 Å². The van der Waals surface area contributed by atoms with Crippen molar-refractivity contribution >= 4 is 11.6 Å². The summed E-state index contributed by atoms with van der Waals surface area (Å²) in [5.74, 6) is 0.457. The zero-order valence-electron chi connectivity index (χ0n) is 11.1. The van der Waals surface area contributed by atoms with Gasteiger partial charge in [0.25, 0.3) is 0 Å². The molecule has 1 N–H and O–H groups in total. The van der Waals surface area contributed by atoms with E-state index in [9.17, 15) is 4.79 Å². The van der Waals surface area contributed by atoms with Gasteiger partial charge in [-0.15, -0.1) is 0 Å². The van der Waals surface area contributed by atoms with Gasteiger partial charge in [0.05, 0.1) is 0 Å². The van der Waals surface area contributed by atoms with Crippen molar-refractivity contribution in [1.29, 1.82) is 0 Å². The number of hydrogen-bond donors (Lipinski definition) is 1. The van der Waals surface area contributed by atoms with Crippen LogP contribution in [0.25, 0.3) is 0 Å². The van der Waals surface area contributed by atoms with Crippen LogP contribution in [0.2, 0.25) is 0 Å². The first kappa shape index (κ1) is 11.7. The Labute approximate surface area is 108 Å². The number of anilines is 1. The van der Waals surface area contributed by atoms with Crippen LogP contribution in [-0.2, 0) is 17.9 Å². The van der Waals surface area contributed by atoms with Gasteiger partial charge < -0.3 is 5.32 Å². The Morgan fingerprint density at radius 1 is 1.28 bits per heavy atom. The van der Waals surface area contributed by atoms with E-state index in [4.69, 9.17) is 0 Å². The molecule has 0 unspecified atom stereocenters. The minimum Gasteiger partial charge on any atom is -0.326 e. The van der Waals surface area contributed by atoms with Crippen LogP contribution in [0, 0.1) is 5.92 Å². The van der Waals surface area contributed by atoms with Gasteiger partial charge in [0, 0.05) is 30.7 Å². The van der Waals surface area contributed by atoms with Crippen LogP contribution in [0.5, 0.6) is 0 Å². The van der Waals surface area contributed by atoms with E-state index >= 15 is 0 Å². The molecular weight excluding hydrogens is 224 g/mol. The van der Waals surface area contributed by atoms with E-state index in [1.807, 2.05) is 6.07 Å². The maximum atomic E-state index is 11.7. The molecule has 1 fully saturated rings. The van der Waals surface area contributed by atoms with Crippen molar-refractivity contribution in [3.63, 3.8) is 0 Å². The molecule has 1 saturated carbocycles. The fourth-order valence-corrected chi connectivity index (χ4v) is 2.45. The summed E-state index contributed by atoms with van der Waals surface area (Å²) < 4.78 is 0. The normalized spacial score (nSPS) is 19.1. The Morgan fingerprint density at radius 2 is 2.00 bits per heavy atom. The zero-order valence-corrected chi connectivity index (χ0v) is 11.1. The molecule has 3 rings (SSSR count). The molecule has 1 aliphatic carbocycles. The summed E-state index contributed by atoms with van der Waals surface area (Å²) in [5, 5.41) is 3.02. The number of carbonyl (C=O) groups is 1. The van der Waals surface area contributed by atoms with E-state index < -0.39 is 0 Å². The molecular formula is C15H20N2O. The third-order valence-electron chi connectivity index (χ3n) is 3.90. The largest absolute Gasteiger partial charge is 0.326 e. The van der Waals surface area contributed by atoms with Crippen LogP contribution in [0.4, 0.5) is 5.69 Å². The molecule has 0 bridgehead atoms. The van der Waals surface area contributed by atoms with Gasteiger partial charge >= 0.3 is 0 Å². The molecule has 0 atom stereocenters. The van der Waals surface area contributed by atoms with Crippen molar-refractivity contribution in [2.45, 2.75) is 45.8 Å². The van der Waals surface area contributed by atoms with Crippen LogP contribution in [0.15, 0.2) is 18.2 Å². The van der Waals surface area contributed by atoms with Crippen molar-refractivity contribution in [3.8, 4) is 0 Å². The molecule has 18 heavy (non-hydrogen) atoms. The van der Waals surface area contributed by atoms with Gasteiger partial charge in [0.2, 0.25) is 5.91 Å². The zero-order chi connectivity index (χ0) is 12.7. The SMILES string of the molecule is CC(C)N1Cc2ccc(NC(=O)C3CC3)cc2C1. The smallest absolute Gasteiger partial charge is 0.227 e. The minimum absolute atomic E-state index is 0.189. The molecule has 1 amide bonds. The maximum absolute atomic E-state index is 11.7. The lowest BCUT2D eigenvalue weighted by atomic mass is 10.1. The number of carbonyl (C=O) groups excluding carboxylic acids is 1. The molecule has 3 heteroatoms. The minimum atomic E-state index is 0.189. The van der Waals surface area contributed by atoms with Gasteiger partial charge in [-0.2, -0.15) is 0 Å². The summed E-state index contributed by atoms with van der Waals surface area (Å²) >= 11 is 0. The lowest BCUT2D eigenvalue weighted by molar-refractivity contribution is -0.117. The molecule has 96 valence electrons. The van der Waals surface area contributed by atoms with Gasteiger partial charge in [-0.25, -0.2) is 0 Å². The van der Waals surface area contributed by atoms with Crippen molar-refractivity contribution < 1.29 is 4.79 Å². The van der Waals surface area contributed by atoms with Crippen molar-refractivity contribution in [2.24, 2.45) is 5.92 Å². The molecule has 1 aliphatic heterocycles. The second kappa shape index (κ2) is 4.39. The van der Waals surface area contributed by atoms with Crippen LogP contribution in [-0.4, -0.2) is 16.8 Å². The average molecular weight is 244 g/mol. The third kappa shape index (κ3) is 2.27. The number of hydrogen-bond acceptors (Lipinski definition) is 2. The molecule has 1 aromatic rings. The Morgan fingerprint density at radius 3 is 2.67 bits per heavy atom. The third-order valence-corrected chi connectivity index (χ3v) is 3.90. The van der Waals surface area contributed by atoms with Crippen LogP contribution in [0.1, 0.15) is 37.8 Å². The quantitative estimate of drug-likeness (QED) is 0.886. The predicted molar refractivity (Wildman–Crippen MR) is 72.2 cm³/mol. The van der Waals surface area contributed by atoms with E-state index in [1.165, 1.54) is 11.1 Å². The molecule has 1 aromatic carbocycles. The van der Waals surface area contributed by atoms with Crippen molar-refractivity contribution in [2.75, 3.05) is 5.32 Å². The molecule has 2 aliphatic rings. The fraction of sp³-hybridized carbons (Fsp3) is 0.533. The van der Waals surface area contributed by atoms with Crippen LogP contribution in [0.3, 0.4) is 0 Å². The summed E-state index contributed by atoms with van der Waals surface area (Å²) in [6.45, 7) is 6.48. The molecule has 3 nitrogen and oxygen atoms in total. The highest BCUT2D eigenvalue weighted by molar-refractivity contribution is 5.94. The monoisotopic (exact) mass is 244 g/mol. The molecule has 0 spiro atoms. The molecule has 0 radical (unpaired) electrons. The lowest BCUT2D eigenvalue weighted by Gasteiger charge is -2.18. The number of nitrogens with zero attached hydrogens (tertiary/aromatic N) is 1. The molecule has 0 saturated heterocycles. The fourth-order valence-electron chi connectivity index (χ4n) is 2.45. The van der Waals surface area contributed by atoms with Gasteiger partial charge in [0.15, 0.2) is 0 Å². The Balaban J connectivity index is 1.72. The number of fused-ring (bicyclic) bond motifs is 1. The van der Waals surface area contributed by atoms with E-state index in [1.54, 1.807) is 0 Å². The number of rotatable bonds is 3. The second-order valence-corrected chi connectivity index (χ2v) is 5.75. The Hall–Kier alpha value is -1.35. The second-order valence-electron chi connectivity index (χ2n) is 5.75. The van der Waals surface area contributed by atoms with Gasteiger partial charge in [0.1, 0.15) is 0 Å². The van der Waals surface area contributed by atoms with Crippen molar-refractivity contribution in [1.82, 2.24) is 4.90 Å².